The largest absolute Gasteiger partial charge is 0.410 e. The van der Waals surface area contributed by atoms with Gasteiger partial charge in [-0.15, -0.1) is 11.8 Å². The molecule has 0 aliphatic heterocycles. The second-order valence-corrected chi connectivity index (χ2v) is 5.22. The van der Waals surface area contributed by atoms with E-state index >= 15 is 0 Å². The van der Waals surface area contributed by atoms with E-state index in [1.54, 1.807) is 18.8 Å². The number of nitrogens with zero attached hydrogens (tertiary/aromatic N) is 2. The lowest BCUT2D eigenvalue weighted by atomic mass is 10.2. The quantitative estimate of drug-likeness (QED) is 0.331. The standard InChI is InChI=1S/C9H18N2O2S/c1-5-6-14-9(2,3)8(12)11(4)7-10-13/h7,13H,5-6H2,1-4H3. The van der Waals surface area contributed by atoms with Gasteiger partial charge in [-0.1, -0.05) is 12.1 Å². The van der Waals surface area contributed by atoms with Crippen LogP contribution in [0.5, 0.6) is 0 Å². The van der Waals surface area contributed by atoms with E-state index in [0.29, 0.717) is 0 Å². The van der Waals surface area contributed by atoms with Crippen LogP contribution in [0.15, 0.2) is 5.16 Å². The molecule has 14 heavy (non-hydrogen) atoms. The molecule has 0 saturated carbocycles. The van der Waals surface area contributed by atoms with Gasteiger partial charge < -0.3 is 10.1 Å². The van der Waals surface area contributed by atoms with Gasteiger partial charge in [0.2, 0.25) is 5.91 Å². The lowest BCUT2D eigenvalue weighted by Gasteiger charge is -2.25. The molecule has 0 bridgehead atoms. The van der Waals surface area contributed by atoms with Crippen LogP contribution in [0.4, 0.5) is 0 Å². The molecule has 1 amide bonds. The van der Waals surface area contributed by atoms with Gasteiger partial charge in [-0.05, 0) is 26.0 Å². The summed E-state index contributed by atoms with van der Waals surface area (Å²) in [4.78, 5) is 13.1. The molecule has 82 valence electrons. The summed E-state index contributed by atoms with van der Waals surface area (Å²) < 4.78 is -0.466. The van der Waals surface area contributed by atoms with E-state index in [1.807, 2.05) is 13.8 Å². The summed E-state index contributed by atoms with van der Waals surface area (Å²) in [5.41, 5.74) is 0. The van der Waals surface area contributed by atoms with Crippen LogP contribution in [0.3, 0.4) is 0 Å². The molecule has 0 unspecified atom stereocenters. The van der Waals surface area contributed by atoms with Crippen LogP contribution in [0.1, 0.15) is 27.2 Å². The van der Waals surface area contributed by atoms with Gasteiger partial charge in [0.1, 0.15) is 6.34 Å². The van der Waals surface area contributed by atoms with E-state index in [-0.39, 0.29) is 5.91 Å². The molecular formula is C9H18N2O2S. The van der Waals surface area contributed by atoms with Crippen molar-refractivity contribution in [3.05, 3.63) is 0 Å². The Labute approximate surface area is 89.3 Å². The third-order valence-electron chi connectivity index (χ3n) is 1.73. The topological polar surface area (TPSA) is 52.9 Å². The van der Waals surface area contributed by atoms with Gasteiger partial charge in [0, 0.05) is 7.05 Å². The highest BCUT2D eigenvalue weighted by molar-refractivity contribution is 8.01. The normalized spacial score (nSPS) is 12.0. The van der Waals surface area contributed by atoms with Crippen LogP contribution in [0.25, 0.3) is 0 Å². The van der Waals surface area contributed by atoms with Crippen LogP contribution in [0, 0.1) is 0 Å². The highest BCUT2D eigenvalue weighted by atomic mass is 32.2. The van der Waals surface area contributed by atoms with Crippen molar-refractivity contribution >= 4 is 24.0 Å². The Morgan fingerprint density at radius 3 is 2.64 bits per heavy atom. The highest BCUT2D eigenvalue weighted by Gasteiger charge is 2.30. The Morgan fingerprint density at radius 2 is 2.21 bits per heavy atom. The smallest absolute Gasteiger partial charge is 0.243 e. The number of carbonyl (C=O) groups is 1. The molecule has 0 aromatic carbocycles. The van der Waals surface area contributed by atoms with E-state index in [9.17, 15) is 4.79 Å². The highest BCUT2D eigenvalue weighted by Crippen LogP contribution is 2.26. The molecule has 0 aliphatic rings. The van der Waals surface area contributed by atoms with Gasteiger partial charge in [0.05, 0.1) is 4.75 Å². The molecule has 0 fully saturated rings. The molecule has 0 radical (unpaired) electrons. The Hall–Kier alpha value is -0.710. The first-order chi connectivity index (χ1) is 6.45. The number of hydrogen-bond donors (Lipinski definition) is 1. The van der Waals surface area contributed by atoms with Crippen molar-refractivity contribution in [1.82, 2.24) is 4.90 Å². The van der Waals surface area contributed by atoms with Gasteiger partial charge in [0.25, 0.3) is 0 Å². The maximum atomic E-state index is 11.8. The minimum Gasteiger partial charge on any atom is -0.410 e. The number of amides is 1. The second kappa shape index (κ2) is 5.90. The molecule has 0 spiro atoms. The first-order valence-electron chi connectivity index (χ1n) is 4.54. The maximum absolute atomic E-state index is 11.8. The zero-order valence-corrected chi connectivity index (χ0v) is 9.97. The predicted octanol–water partition coefficient (Wildman–Crippen LogP) is 1.78. The summed E-state index contributed by atoms with van der Waals surface area (Å²) in [5.74, 6) is 0.886. The number of oxime groups is 1. The van der Waals surface area contributed by atoms with Crippen molar-refractivity contribution in [3.8, 4) is 0 Å². The van der Waals surface area contributed by atoms with Crippen molar-refractivity contribution in [1.29, 1.82) is 0 Å². The van der Waals surface area contributed by atoms with Gasteiger partial charge >= 0.3 is 0 Å². The van der Waals surface area contributed by atoms with E-state index < -0.39 is 4.75 Å². The van der Waals surface area contributed by atoms with Crippen molar-refractivity contribution in [2.24, 2.45) is 5.16 Å². The van der Waals surface area contributed by atoms with Crippen LogP contribution in [-0.2, 0) is 4.79 Å². The molecule has 0 saturated heterocycles. The van der Waals surface area contributed by atoms with E-state index in [4.69, 9.17) is 5.21 Å². The fourth-order valence-corrected chi connectivity index (χ4v) is 1.96. The first-order valence-corrected chi connectivity index (χ1v) is 5.53. The van der Waals surface area contributed by atoms with Gasteiger partial charge in [-0.3, -0.25) is 4.79 Å². The Kier molecular flexibility index (Phi) is 5.60. The molecule has 0 aromatic heterocycles. The molecule has 0 atom stereocenters. The SMILES string of the molecule is CCCSC(C)(C)C(=O)N(C)C=NO. The number of rotatable bonds is 5. The minimum absolute atomic E-state index is 0.0613. The molecule has 0 heterocycles. The predicted molar refractivity (Wildman–Crippen MR) is 59.9 cm³/mol. The van der Waals surface area contributed by atoms with E-state index in [2.05, 4.69) is 12.1 Å². The lowest BCUT2D eigenvalue weighted by molar-refractivity contribution is -0.127. The van der Waals surface area contributed by atoms with Gasteiger partial charge in [-0.2, -0.15) is 0 Å². The van der Waals surface area contributed by atoms with Crippen LogP contribution < -0.4 is 0 Å². The van der Waals surface area contributed by atoms with Crippen molar-refractivity contribution in [3.63, 3.8) is 0 Å². The number of carbonyl (C=O) groups excluding carboxylic acids is 1. The number of hydrogen-bond acceptors (Lipinski definition) is 4. The fraction of sp³-hybridized carbons (Fsp3) is 0.778. The van der Waals surface area contributed by atoms with Gasteiger partial charge in [0.15, 0.2) is 0 Å². The van der Waals surface area contributed by atoms with E-state index in [0.717, 1.165) is 18.5 Å². The van der Waals surface area contributed by atoms with Gasteiger partial charge in [-0.25, -0.2) is 0 Å². The third-order valence-corrected chi connectivity index (χ3v) is 3.24. The van der Waals surface area contributed by atoms with E-state index in [1.165, 1.54) is 4.90 Å². The summed E-state index contributed by atoms with van der Waals surface area (Å²) in [7, 11) is 1.58. The molecule has 5 heteroatoms. The molecular weight excluding hydrogens is 200 g/mol. The van der Waals surface area contributed by atoms with Crippen LogP contribution >= 0.6 is 11.8 Å². The minimum atomic E-state index is -0.466. The first kappa shape index (κ1) is 13.3. The Balaban J connectivity index is 4.33. The molecule has 0 aromatic rings. The molecule has 0 aliphatic carbocycles. The average Bonchev–Trinajstić information content (AvgIpc) is 2.14. The van der Waals surface area contributed by atoms with Crippen LogP contribution in [0.2, 0.25) is 0 Å². The van der Waals surface area contributed by atoms with Crippen molar-refractivity contribution < 1.29 is 10.0 Å². The maximum Gasteiger partial charge on any atom is 0.243 e. The molecule has 0 rings (SSSR count). The summed E-state index contributed by atoms with van der Waals surface area (Å²) in [6.45, 7) is 5.82. The zero-order chi connectivity index (χ0) is 11.2. The number of thioether (sulfide) groups is 1. The lowest BCUT2D eigenvalue weighted by Crippen LogP contribution is -2.40. The monoisotopic (exact) mass is 218 g/mol. The van der Waals surface area contributed by atoms with Crippen molar-refractivity contribution in [2.75, 3.05) is 12.8 Å². The third kappa shape index (κ3) is 4.00. The van der Waals surface area contributed by atoms with Crippen molar-refractivity contribution in [2.45, 2.75) is 31.9 Å². The Bertz CT molecular complexity index is 217. The fourth-order valence-electron chi connectivity index (χ4n) is 0.974. The second-order valence-electron chi connectivity index (χ2n) is 3.51. The summed E-state index contributed by atoms with van der Waals surface area (Å²) in [5, 5.41) is 11.1. The molecule has 4 nitrogen and oxygen atoms in total. The Morgan fingerprint density at radius 1 is 1.64 bits per heavy atom. The average molecular weight is 218 g/mol. The zero-order valence-electron chi connectivity index (χ0n) is 9.15. The summed E-state index contributed by atoms with van der Waals surface area (Å²) >= 11 is 1.61. The van der Waals surface area contributed by atoms with Crippen LogP contribution in [-0.4, -0.2) is 39.9 Å². The molecule has 1 N–H and O–H groups in total. The summed E-state index contributed by atoms with van der Waals surface area (Å²) in [6, 6.07) is 0. The summed E-state index contributed by atoms with van der Waals surface area (Å²) in [6.07, 6.45) is 2.15.